The summed E-state index contributed by atoms with van der Waals surface area (Å²) >= 11 is 0. The largest absolute Gasteiger partial charge is 0.359 e. The third kappa shape index (κ3) is 5.00. The van der Waals surface area contributed by atoms with Crippen LogP contribution < -0.4 is 5.32 Å². The van der Waals surface area contributed by atoms with Crippen LogP contribution in [0, 0.1) is 5.92 Å². The quantitative estimate of drug-likeness (QED) is 0.763. The van der Waals surface area contributed by atoms with E-state index in [2.05, 4.69) is 5.32 Å². The minimum Gasteiger partial charge on any atom is -0.359 e. The number of carbonyl (C=O) groups excluding carboxylic acids is 3. The molecule has 0 unspecified atom stereocenters. The number of likely N-dealkylation sites (N-methyl/N-ethyl adjacent to an activating group) is 2. The maximum atomic E-state index is 12.5. The molecule has 0 radical (unpaired) electrons. The molecular formula is C16H29N3O3. The second-order valence-electron chi connectivity index (χ2n) is 6.10. The maximum absolute atomic E-state index is 12.5. The number of hydrogen-bond donors (Lipinski definition) is 1. The lowest BCUT2D eigenvalue weighted by Crippen LogP contribution is -2.50. The molecule has 126 valence electrons. The van der Waals surface area contributed by atoms with E-state index in [4.69, 9.17) is 0 Å². The average Bonchev–Trinajstić information content (AvgIpc) is 3.02. The van der Waals surface area contributed by atoms with Crippen LogP contribution in [0.4, 0.5) is 0 Å². The first-order valence-electron chi connectivity index (χ1n) is 8.11. The Bertz CT molecular complexity index is 405. The van der Waals surface area contributed by atoms with Gasteiger partial charge in [0.2, 0.25) is 17.7 Å². The molecule has 1 saturated carbocycles. The van der Waals surface area contributed by atoms with Crippen molar-refractivity contribution in [3.8, 4) is 0 Å². The summed E-state index contributed by atoms with van der Waals surface area (Å²) in [7, 11) is 4.86. The maximum Gasteiger partial charge on any atom is 0.245 e. The molecule has 3 amide bonds. The van der Waals surface area contributed by atoms with Crippen molar-refractivity contribution in [2.24, 2.45) is 5.92 Å². The van der Waals surface area contributed by atoms with E-state index in [9.17, 15) is 14.4 Å². The predicted molar refractivity (Wildman–Crippen MR) is 85.1 cm³/mol. The van der Waals surface area contributed by atoms with Crippen LogP contribution in [0.15, 0.2) is 0 Å². The minimum atomic E-state index is -0.723. The Morgan fingerprint density at radius 3 is 2.27 bits per heavy atom. The van der Waals surface area contributed by atoms with Crippen LogP contribution in [0.1, 0.15) is 45.4 Å². The molecule has 1 atom stereocenters. The Kier molecular flexibility index (Phi) is 7.35. The van der Waals surface area contributed by atoms with Crippen molar-refractivity contribution >= 4 is 17.7 Å². The SMILES string of the molecule is CCN(C)C(=O)[C@H](CC(=O)NC)N(C)C(=O)CC1CCCC1. The molecule has 0 aliphatic heterocycles. The normalized spacial score (nSPS) is 16.2. The first-order valence-corrected chi connectivity index (χ1v) is 8.11. The molecule has 1 aliphatic carbocycles. The van der Waals surface area contributed by atoms with Gasteiger partial charge in [-0.3, -0.25) is 14.4 Å². The summed E-state index contributed by atoms with van der Waals surface area (Å²) in [5, 5.41) is 2.53. The zero-order chi connectivity index (χ0) is 16.7. The van der Waals surface area contributed by atoms with Gasteiger partial charge < -0.3 is 15.1 Å². The van der Waals surface area contributed by atoms with Gasteiger partial charge in [0.1, 0.15) is 6.04 Å². The molecule has 0 aromatic heterocycles. The molecule has 0 aromatic rings. The molecule has 0 bridgehead atoms. The molecule has 6 nitrogen and oxygen atoms in total. The van der Waals surface area contributed by atoms with Crippen LogP contribution in [0.5, 0.6) is 0 Å². The van der Waals surface area contributed by atoms with Crippen molar-refractivity contribution in [1.82, 2.24) is 15.1 Å². The standard InChI is InChI=1S/C16H29N3O3/c1-5-18(3)16(22)13(11-14(20)17-2)19(4)15(21)10-12-8-6-7-9-12/h12-13H,5-11H2,1-4H3,(H,17,20)/t13-/m0/s1. The fourth-order valence-corrected chi connectivity index (χ4v) is 2.86. The van der Waals surface area contributed by atoms with E-state index < -0.39 is 6.04 Å². The zero-order valence-corrected chi connectivity index (χ0v) is 14.2. The molecule has 0 aromatic carbocycles. The fourth-order valence-electron chi connectivity index (χ4n) is 2.86. The molecular weight excluding hydrogens is 282 g/mol. The average molecular weight is 311 g/mol. The van der Waals surface area contributed by atoms with Crippen LogP contribution in [-0.4, -0.2) is 61.3 Å². The van der Waals surface area contributed by atoms with Crippen LogP contribution in [0.2, 0.25) is 0 Å². The highest BCUT2D eigenvalue weighted by molar-refractivity contribution is 5.91. The minimum absolute atomic E-state index is 0.00653. The van der Waals surface area contributed by atoms with Gasteiger partial charge in [-0.15, -0.1) is 0 Å². The van der Waals surface area contributed by atoms with Gasteiger partial charge in [0.15, 0.2) is 0 Å². The summed E-state index contributed by atoms with van der Waals surface area (Å²) < 4.78 is 0. The first kappa shape index (κ1) is 18.5. The van der Waals surface area contributed by atoms with Gasteiger partial charge in [-0.05, 0) is 25.7 Å². The lowest BCUT2D eigenvalue weighted by atomic mass is 10.0. The smallest absolute Gasteiger partial charge is 0.245 e. The Morgan fingerprint density at radius 1 is 1.18 bits per heavy atom. The molecule has 0 spiro atoms. The van der Waals surface area contributed by atoms with Crippen LogP contribution in [0.25, 0.3) is 0 Å². The lowest BCUT2D eigenvalue weighted by Gasteiger charge is -2.30. The lowest BCUT2D eigenvalue weighted by molar-refractivity contribution is -0.145. The third-order valence-electron chi connectivity index (χ3n) is 4.59. The second kappa shape index (κ2) is 8.76. The third-order valence-corrected chi connectivity index (χ3v) is 4.59. The Hall–Kier alpha value is -1.59. The summed E-state index contributed by atoms with van der Waals surface area (Å²) in [6, 6.07) is -0.723. The van der Waals surface area contributed by atoms with Crippen LogP contribution >= 0.6 is 0 Å². The monoisotopic (exact) mass is 311 g/mol. The van der Waals surface area contributed by atoms with Gasteiger partial charge >= 0.3 is 0 Å². The molecule has 0 saturated heterocycles. The highest BCUT2D eigenvalue weighted by Crippen LogP contribution is 2.28. The van der Waals surface area contributed by atoms with Crippen molar-refractivity contribution in [3.63, 3.8) is 0 Å². The van der Waals surface area contributed by atoms with E-state index >= 15 is 0 Å². The zero-order valence-electron chi connectivity index (χ0n) is 14.2. The molecule has 22 heavy (non-hydrogen) atoms. The predicted octanol–water partition coefficient (Wildman–Crippen LogP) is 1.01. The topological polar surface area (TPSA) is 69.7 Å². The van der Waals surface area contributed by atoms with E-state index in [0.717, 1.165) is 12.8 Å². The van der Waals surface area contributed by atoms with Gasteiger partial charge in [-0.1, -0.05) is 12.8 Å². The van der Waals surface area contributed by atoms with Gasteiger partial charge in [-0.25, -0.2) is 0 Å². The number of hydrogen-bond acceptors (Lipinski definition) is 3. The molecule has 1 N–H and O–H groups in total. The second-order valence-corrected chi connectivity index (χ2v) is 6.10. The highest BCUT2D eigenvalue weighted by Gasteiger charge is 2.32. The van der Waals surface area contributed by atoms with Crippen molar-refractivity contribution < 1.29 is 14.4 Å². The van der Waals surface area contributed by atoms with Gasteiger partial charge in [0.25, 0.3) is 0 Å². The molecule has 0 heterocycles. The Balaban J connectivity index is 2.76. The van der Waals surface area contributed by atoms with Crippen molar-refractivity contribution in [3.05, 3.63) is 0 Å². The first-order chi connectivity index (χ1) is 10.4. The summed E-state index contributed by atoms with van der Waals surface area (Å²) in [4.78, 5) is 39.6. The van der Waals surface area contributed by atoms with Crippen molar-refractivity contribution in [1.29, 1.82) is 0 Å². The molecule has 6 heteroatoms. The number of carbonyl (C=O) groups is 3. The summed E-state index contributed by atoms with van der Waals surface area (Å²) in [5.41, 5.74) is 0. The van der Waals surface area contributed by atoms with Crippen LogP contribution in [-0.2, 0) is 14.4 Å². The van der Waals surface area contributed by atoms with E-state index in [1.807, 2.05) is 6.92 Å². The van der Waals surface area contributed by atoms with Gasteiger partial charge in [-0.2, -0.15) is 0 Å². The van der Waals surface area contributed by atoms with E-state index in [1.165, 1.54) is 24.8 Å². The van der Waals surface area contributed by atoms with Crippen LogP contribution in [0.3, 0.4) is 0 Å². The van der Waals surface area contributed by atoms with Gasteiger partial charge in [0, 0.05) is 34.1 Å². The van der Waals surface area contributed by atoms with Crippen molar-refractivity contribution in [2.45, 2.75) is 51.5 Å². The summed E-state index contributed by atoms with van der Waals surface area (Å²) in [6.45, 7) is 2.42. The molecule has 1 aliphatic rings. The van der Waals surface area contributed by atoms with E-state index in [0.29, 0.717) is 18.9 Å². The highest BCUT2D eigenvalue weighted by atomic mass is 16.2. The summed E-state index contributed by atoms with van der Waals surface area (Å²) in [5.74, 6) is -0.0370. The number of amides is 3. The molecule has 1 rings (SSSR count). The number of rotatable bonds is 7. The summed E-state index contributed by atoms with van der Waals surface area (Å²) in [6.07, 6.45) is 5.02. The molecule has 1 fully saturated rings. The Labute approximate surface area is 133 Å². The number of nitrogens with one attached hydrogen (secondary N) is 1. The van der Waals surface area contributed by atoms with Gasteiger partial charge in [0.05, 0.1) is 6.42 Å². The van der Waals surface area contributed by atoms with E-state index in [1.54, 1.807) is 19.0 Å². The Morgan fingerprint density at radius 2 is 1.77 bits per heavy atom. The van der Waals surface area contributed by atoms with Crippen molar-refractivity contribution in [2.75, 3.05) is 27.7 Å². The number of nitrogens with zero attached hydrogens (tertiary/aromatic N) is 2. The van der Waals surface area contributed by atoms with E-state index in [-0.39, 0.29) is 24.1 Å². The fraction of sp³-hybridized carbons (Fsp3) is 0.812.